The number of ether oxygens (including phenoxy) is 1. The largest absolute Gasteiger partial charge is 0.464 e. The maximum absolute atomic E-state index is 11.1. The Morgan fingerprint density at radius 2 is 2.27 bits per heavy atom. The van der Waals surface area contributed by atoms with Crippen molar-refractivity contribution in [3.63, 3.8) is 0 Å². The van der Waals surface area contributed by atoms with E-state index < -0.39 is 5.97 Å². The van der Waals surface area contributed by atoms with Gasteiger partial charge in [-0.05, 0) is 0 Å². The summed E-state index contributed by atoms with van der Waals surface area (Å²) in [4.78, 5) is 18.9. The highest BCUT2D eigenvalue weighted by molar-refractivity contribution is 5.86. The Bertz CT molecular complexity index is 450. The van der Waals surface area contributed by atoms with Gasteiger partial charge < -0.3 is 4.74 Å². The fraction of sp³-hybridized carbons (Fsp3) is 0.125. The van der Waals surface area contributed by atoms with E-state index in [1.165, 1.54) is 30.4 Å². The molecule has 2 aromatic rings. The standard InChI is InChI=1S/C8H7N5O2/c1-15-8(14)6-4-10-7(5-9-6)13-3-2-11-12-13/h2-5H,1H3. The van der Waals surface area contributed by atoms with Crippen LogP contribution in [0.4, 0.5) is 0 Å². The number of hydrogen-bond donors (Lipinski definition) is 0. The van der Waals surface area contributed by atoms with Crippen LogP contribution in [0.3, 0.4) is 0 Å². The molecule has 0 saturated carbocycles. The van der Waals surface area contributed by atoms with Gasteiger partial charge in [-0.2, -0.15) is 0 Å². The summed E-state index contributed by atoms with van der Waals surface area (Å²) in [5, 5.41) is 7.35. The molecule has 0 bridgehead atoms. The second kappa shape index (κ2) is 3.82. The predicted octanol–water partition coefficient (Wildman–Crippen LogP) is -0.156. The molecule has 7 nitrogen and oxygen atoms in total. The molecule has 0 aromatic carbocycles. The molecule has 0 N–H and O–H groups in total. The lowest BCUT2D eigenvalue weighted by molar-refractivity contribution is 0.0593. The molecule has 15 heavy (non-hydrogen) atoms. The Balaban J connectivity index is 2.29. The summed E-state index contributed by atoms with van der Waals surface area (Å²) in [7, 11) is 1.29. The average Bonchev–Trinajstić information content (AvgIpc) is 2.82. The number of hydrogen-bond acceptors (Lipinski definition) is 6. The van der Waals surface area contributed by atoms with Crippen LogP contribution >= 0.6 is 0 Å². The van der Waals surface area contributed by atoms with Crippen LogP contribution in [0.1, 0.15) is 10.5 Å². The van der Waals surface area contributed by atoms with Crippen molar-refractivity contribution < 1.29 is 9.53 Å². The molecule has 0 aliphatic carbocycles. The molecule has 0 atom stereocenters. The summed E-state index contributed by atoms with van der Waals surface area (Å²) in [6.45, 7) is 0. The summed E-state index contributed by atoms with van der Waals surface area (Å²) in [5.41, 5.74) is 0.154. The predicted molar refractivity (Wildman–Crippen MR) is 48.3 cm³/mol. The zero-order valence-corrected chi connectivity index (χ0v) is 7.86. The molecular weight excluding hydrogens is 198 g/mol. The van der Waals surface area contributed by atoms with Crippen molar-refractivity contribution in [2.24, 2.45) is 0 Å². The zero-order chi connectivity index (χ0) is 10.7. The fourth-order valence-corrected chi connectivity index (χ4v) is 0.980. The third-order valence-electron chi connectivity index (χ3n) is 1.69. The number of carbonyl (C=O) groups is 1. The number of rotatable bonds is 2. The number of nitrogens with zero attached hydrogens (tertiary/aromatic N) is 5. The van der Waals surface area contributed by atoms with E-state index in [0.717, 1.165) is 0 Å². The van der Waals surface area contributed by atoms with Crippen LogP contribution in [0, 0.1) is 0 Å². The van der Waals surface area contributed by atoms with E-state index >= 15 is 0 Å². The SMILES string of the molecule is COC(=O)c1cnc(-n2ccnn2)cn1. The highest BCUT2D eigenvalue weighted by Gasteiger charge is 2.07. The van der Waals surface area contributed by atoms with Gasteiger partial charge >= 0.3 is 5.97 Å². The average molecular weight is 205 g/mol. The van der Waals surface area contributed by atoms with Gasteiger partial charge in [0, 0.05) is 0 Å². The van der Waals surface area contributed by atoms with Gasteiger partial charge in [-0.15, -0.1) is 5.10 Å². The Hall–Kier alpha value is -2.31. The van der Waals surface area contributed by atoms with Crippen LogP contribution in [0.5, 0.6) is 0 Å². The molecule has 0 unspecified atom stereocenters. The van der Waals surface area contributed by atoms with Gasteiger partial charge in [0.25, 0.3) is 0 Å². The molecule has 0 fully saturated rings. The summed E-state index contributed by atoms with van der Waals surface area (Å²) in [6.07, 6.45) is 5.89. The molecule has 0 aliphatic rings. The quantitative estimate of drug-likeness (QED) is 0.634. The molecule has 7 heteroatoms. The van der Waals surface area contributed by atoms with Crippen molar-refractivity contribution in [3.05, 3.63) is 30.5 Å². The van der Waals surface area contributed by atoms with E-state index in [1.54, 1.807) is 6.20 Å². The molecule has 0 spiro atoms. The normalized spacial score (nSPS) is 9.93. The minimum absolute atomic E-state index is 0.154. The van der Waals surface area contributed by atoms with E-state index in [1.807, 2.05) is 0 Å². The van der Waals surface area contributed by atoms with Crippen LogP contribution in [-0.4, -0.2) is 38.0 Å². The molecule has 0 radical (unpaired) electrons. The summed E-state index contributed by atoms with van der Waals surface area (Å²) < 4.78 is 5.93. The minimum Gasteiger partial charge on any atom is -0.464 e. The molecular formula is C8H7N5O2. The van der Waals surface area contributed by atoms with Gasteiger partial charge in [0.15, 0.2) is 11.5 Å². The van der Waals surface area contributed by atoms with E-state index in [0.29, 0.717) is 5.82 Å². The first-order valence-electron chi connectivity index (χ1n) is 4.08. The Morgan fingerprint density at radius 1 is 1.40 bits per heavy atom. The van der Waals surface area contributed by atoms with Crippen molar-refractivity contribution in [2.45, 2.75) is 0 Å². The Kier molecular flexibility index (Phi) is 2.36. The molecule has 76 valence electrons. The van der Waals surface area contributed by atoms with Crippen LogP contribution < -0.4 is 0 Å². The molecule has 0 saturated heterocycles. The van der Waals surface area contributed by atoms with Crippen LogP contribution in [0.2, 0.25) is 0 Å². The smallest absolute Gasteiger partial charge is 0.358 e. The first-order valence-corrected chi connectivity index (χ1v) is 4.08. The number of esters is 1. The highest BCUT2D eigenvalue weighted by Crippen LogP contribution is 2.00. The van der Waals surface area contributed by atoms with Gasteiger partial charge in [0.1, 0.15) is 0 Å². The van der Waals surface area contributed by atoms with Crippen LogP contribution in [0.25, 0.3) is 5.82 Å². The monoisotopic (exact) mass is 205 g/mol. The highest BCUT2D eigenvalue weighted by atomic mass is 16.5. The van der Waals surface area contributed by atoms with Crippen molar-refractivity contribution in [1.82, 2.24) is 25.0 Å². The number of methoxy groups -OCH3 is 1. The van der Waals surface area contributed by atoms with Crippen molar-refractivity contribution >= 4 is 5.97 Å². The summed E-state index contributed by atoms with van der Waals surface area (Å²) in [5.74, 6) is -0.0345. The number of aromatic nitrogens is 5. The molecule has 0 amide bonds. The lowest BCUT2D eigenvalue weighted by Crippen LogP contribution is -2.07. The molecule has 2 heterocycles. The third-order valence-corrected chi connectivity index (χ3v) is 1.69. The van der Waals surface area contributed by atoms with Crippen molar-refractivity contribution in [3.8, 4) is 5.82 Å². The van der Waals surface area contributed by atoms with Gasteiger partial charge in [-0.25, -0.2) is 19.4 Å². The van der Waals surface area contributed by atoms with Crippen molar-refractivity contribution in [1.29, 1.82) is 0 Å². The fourth-order valence-electron chi connectivity index (χ4n) is 0.980. The molecule has 2 rings (SSSR count). The van der Waals surface area contributed by atoms with Gasteiger partial charge in [-0.1, -0.05) is 5.21 Å². The first-order chi connectivity index (χ1) is 7.31. The second-order valence-corrected chi connectivity index (χ2v) is 2.60. The van der Waals surface area contributed by atoms with Crippen LogP contribution in [-0.2, 0) is 4.74 Å². The third kappa shape index (κ3) is 1.80. The van der Waals surface area contributed by atoms with E-state index in [9.17, 15) is 4.79 Å². The van der Waals surface area contributed by atoms with Crippen molar-refractivity contribution in [2.75, 3.05) is 7.11 Å². The maximum atomic E-state index is 11.1. The summed E-state index contributed by atoms with van der Waals surface area (Å²) >= 11 is 0. The van der Waals surface area contributed by atoms with Gasteiger partial charge in [0.2, 0.25) is 0 Å². The Labute approximate surface area is 84.7 Å². The Morgan fingerprint density at radius 3 is 2.80 bits per heavy atom. The first kappa shape index (κ1) is 9.25. The molecule has 2 aromatic heterocycles. The molecule has 0 aliphatic heterocycles. The maximum Gasteiger partial charge on any atom is 0.358 e. The lowest BCUT2D eigenvalue weighted by atomic mass is 10.4. The van der Waals surface area contributed by atoms with E-state index in [2.05, 4.69) is 25.0 Å². The second-order valence-electron chi connectivity index (χ2n) is 2.60. The van der Waals surface area contributed by atoms with Gasteiger partial charge in [0.05, 0.1) is 31.9 Å². The number of carbonyl (C=O) groups excluding carboxylic acids is 1. The minimum atomic E-state index is -0.521. The van der Waals surface area contributed by atoms with Gasteiger partial charge in [-0.3, -0.25) is 0 Å². The van der Waals surface area contributed by atoms with E-state index in [-0.39, 0.29) is 5.69 Å². The topological polar surface area (TPSA) is 82.8 Å². The summed E-state index contributed by atoms with van der Waals surface area (Å²) in [6, 6.07) is 0. The van der Waals surface area contributed by atoms with Crippen LogP contribution in [0.15, 0.2) is 24.8 Å². The van der Waals surface area contributed by atoms with E-state index in [4.69, 9.17) is 0 Å². The lowest BCUT2D eigenvalue weighted by Gasteiger charge is -1.99. The zero-order valence-electron chi connectivity index (χ0n) is 7.86.